The van der Waals surface area contributed by atoms with Gasteiger partial charge in [0.05, 0.1) is 11.7 Å². The number of amides is 1. The van der Waals surface area contributed by atoms with Crippen molar-refractivity contribution < 1.29 is 4.79 Å². The zero-order valence-corrected chi connectivity index (χ0v) is 15.4. The number of hydrogen-bond acceptors (Lipinski definition) is 4. The van der Waals surface area contributed by atoms with E-state index in [1.54, 1.807) is 11.3 Å². The fourth-order valence-corrected chi connectivity index (χ4v) is 4.21. The maximum atomic E-state index is 12.2. The van der Waals surface area contributed by atoms with E-state index in [1.807, 2.05) is 36.5 Å². The summed E-state index contributed by atoms with van der Waals surface area (Å²) < 4.78 is 2.12. The Bertz CT molecular complexity index is 844. The summed E-state index contributed by atoms with van der Waals surface area (Å²) in [6, 6.07) is 16.0. The van der Waals surface area contributed by atoms with Crippen LogP contribution in [0.15, 0.2) is 60.1 Å². The van der Waals surface area contributed by atoms with E-state index in [2.05, 4.69) is 43.6 Å². The number of benzene rings is 1. The summed E-state index contributed by atoms with van der Waals surface area (Å²) in [5, 5.41) is 9.66. The van der Waals surface area contributed by atoms with Gasteiger partial charge in [0.2, 0.25) is 0 Å². The molecule has 5 nitrogen and oxygen atoms in total. The first kappa shape index (κ1) is 17.0. The van der Waals surface area contributed by atoms with Crippen molar-refractivity contribution in [2.75, 3.05) is 13.1 Å². The highest BCUT2D eigenvalue weighted by molar-refractivity contribution is 7.09. The Morgan fingerprint density at radius 2 is 2.08 bits per heavy atom. The number of nitrogens with one attached hydrogen (secondary N) is 1. The second-order valence-electron chi connectivity index (χ2n) is 6.58. The van der Waals surface area contributed by atoms with Crippen molar-refractivity contribution in [2.24, 2.45) is 0 Å². The van der Waals surface area contributed by atoms with Crippen molar-refractivity contribution in [3.63, 3.8) is 0 Å². The number of aromatic nitrogens is 2. The fourth-order valence-electron chi connectivity index (χ4n) is 3.47. The lowest BCUT2D eigenvalue weighted by atomic mass is 10.1. The molecular weight excluding hydrogens is 344 g/mol. The number of carbonyl (C=O) groups excluding carboxylic acids is 1. The van der Waals surface area contributed by atoms with Crippen molar-refractivity contribution in [1.82, 2.24) is 20.0 Å². The Morgan fingerprint density at radius 1 is 1.19 bits per heavy atom. The van der Waals surface area contributed by atoms with Gasteiger partial charge in [0.15, 0.2) is 0 Å². The van der Waals surface area contributed by atoms with Crippen LogP contribution in [0.25, 0.3) is 0 Å². The molecule has 0 radical (unpaired) electrons. The second-order valence-corrected chi connectivity index (χ2v) is 7.61. The Hall–Kier alpha value is -2.44. The monoisotopic (exact) mass is 366 g/mol. The van der Waals surface area contributed by atoms with Crippen molar-refractivity contribution in [3.05, 3.63) is 76.2 Å². The smallest absolute Gasteiger partial charge is 0.251 e. The molecule has 1 unspecified atom stereocenters. The summed E-state index contributed by atoms with van der Waals surface area (Å²) >= 11 is 1.80. The molecule has 3 aromatic rings. The third-order valence-electron chi connectivity index (χ3n) is 4.71. The Balaban J connectivity index is 1.37. The number of thiophene rings is 1. The highest BCUT2D eigenvalue weighted by Crippen LogP contribution is 2.25. The lowest BCUT2D eigenvalue weighted by Crippen LogP contribution is -2.38. The van der Waals surface area contributed by atoms with Gasteiger partial charge in [-0.1, -0.05) is 24.3 Å². The fraction of sp³-hybridized carbons (Fsp3) is 0.300. The molecule has 0 spiro atoms. The standard InChI is InChI=1S/C20H22N4OS/c25-20(16-5-2-1-3-6-16)21-10-8-17-13-23(15-19-7-4-12-26-19)14-18-9-11-22-24(17)18/h1-7,9,11-12,17H,8,10,13-15H2,(H,21,25). The van der Waals surface area contributed by atoms with E-state index >= 15 is 0 Å². The Labute approximate surface area is 157 Å². The van der Waals surface area contributed by atoms with Gasteiger partial charge in [-0.15, -0.1) is 11.3 Å². The SMILES string of the molecule is O=C(NCCC1CN(Cc2cccs2)Cc2ccnn21)c1ccccc1. The molecule has 26 heavy (non-hydrogen) atoms. The van der Waals surface area contributed by atoms with Gasteiger partial charge in [0, 0.05) is 42.8 Å². The van der Waals surface area contributed by atoms with Crippen LogP contribution in [-0.4, -0.2) is 33.7 Å². The van der Waals surface area contributed by atoms with Crippen LogP contribution in [0, 0.1) is 0 Å². The molecule has 1 aromatic carbocycles. The maximum absolute atomic E-state index is 12.2. The topological polar surface area (TPSA) is 50.2 Å². The molecule has 1 N–H and O–H groups in total. The van der Waals surface area contributed by atoms with Gasteiger partial charge in [-0.2, -0.15) is 5.10 Å². The molecule has 1 atom stereocenters. The average molecular weight is 366 g/mol. The van der Waals surface area contributed by atoms with Gasteiger partial charge in [-0.25, -0.2) is 0 Å². The van der Waals surface area contributed by atoms with Crippen LogP contribution < -0.4 is 5.32 Å². The van der Waals surface area contributed by atoms with E-state index in [-0.39, 0.29) is 11.9 Å². The minimum atomic E-state index is -0.0162. The van der Waals surface area contributed by atoms with E-state index in [0.29, 0.717) is 12.1 Å². The predicted molar refractivity (Wildman–Crippen MR) is 103 cm³/mol. The predicted octanol–water partition coefficient (Wildman–Crippen LogP) is 3.32. The molecule has 0 aliphatic carbocycles. The van der Waals surface area contributed by atoms with E-state index in [1.165, 1.54) is 10.6 Å². The molecule has 2 aromatic heterocycles. The minimum absolute atomic E-state index is 0.0162. The molecule has 3 heterocycles. The van der Waals surface area contributed by atoms with Crippen molar-refractivity contribution in [2.45, 2.75) is 25.6 Å². The number of fused-ring (bicyclic) bond motifs is 1. The molecule has 0 fully saturated rings. The lowest BCUT2D eigenvalue weighted by molar-refractivity contribution is 0.0947. The van der Waals surface area contributed by atoms with Gasteiger partial charge >= 0.3 is 0 Å². The third-order valence-corrected chi connectivity index (χ3v) is 5.57. The molecular formula is C20H22N4OS. The Morgan fingerprint density at radius 3 is 2.88 bits per heavy atom. The molecule has 6 heteroatoms. The van der Waals surface area contributed by atoms with Gasteiger partial charge in [0.25, 0.3) is 5.91 Å². The van der Waals surface area contributed by atoms with E-state index in [9.17, 15) is 4.79 Å². The largest absolute Gasteiger partial charge is 0.352 e. The van der Waals surface area contributed by atoms with Gasteiger partial charge in [0.1, 0.15) is 0 Å². The molecule has 1 aliphatic heterocycles. The van der Waals surface area contributed by atoms with Crippen molar-refractivity contribution >= 4 is 17.2 Å². The molecule has 134 valence electrons. The average Bonchev–Trinajstić information content (AvgIpc) is 3.34. The first-order valence-electron chi connectivity index (χ1n) is 8.90. The lowest BCUT2D eigenvalue weighted by Gasteiger charge is -2.33. The quantitative estimate of drug-likeness (QED) is 0.728. The highest BCUT2D eigenvalue weighted by atomic mass is 32.1. The molecule has 4 rings (SSSR count). The normalized spacial score (nSPS) is 17.0. The number of hydrogen-bond donors (Lipinski definition) is 1. The number of carbonyl (C=O) groups is 1. The van der Waals surface area contributed by atoms with Crippen LogP contribution in [-0.2, 0) is 13.1 Å². The molecule has 1 amide bonds. The summed E-state index contributed by atoms with van der Waals surface area (Å²) in [7, 11) is 0. The van der Waals surface area contributed by atoms with Gasteiger partial charge in [-0.3, -0.25) is 14.4 Å². The van der Waals surface area contributed by atoms with Crippen LogP contribution in [0.2, 0.25) is 0 Å². The summed E-state index contributed by atoms with van der Waals surface area (Å²) in [5.41, 5.74) is 1.95. The van der Waals surface area contributed by atoms with Crippen LogP contribution in [0.3, 0.4) is 0 Å². The first-order valence-corrected chi connectivity index (χ1v) is 9.78. The van der Waals surface area contributed by atoms with E-state index < -0.39 is 0 Å². The van der Waals surface area contributed by atoms with Crippen LogP contribution in [0.1, 0.15) is 33.4 Å². The zero-order valence-electron chi connectivity index (χ0n) is 14.5. The van der Waals surface area contributed by atoms with Crippen LogP contribution in [0.4, 0.5) is 0 Å². The molecule has 1 aliphatic rings. The minimum Gasteiger partial charge on any atom is -0.352 e. The number of nitrogens with zero attached hydrogens (tertiary/aromatic N) is 3. The second kappa shape index (κ2) is 7.85. The molecule has 0 bridgehead atoms. The Kier molecular flexibility index (Phi) is 5.13. The summed E-state index contributed by atoms with van der Waals surface area (Å²) in [4.78, 5) is 16.1. The summed E-state index contributed by atoms with van der Waals surface area (Å²) in [6.45, 7) is 3.48. The van der Waals surface area contributed by atoms with E-state index in [4.69, 9.17) is 0 Å². The van der Waals surface area contributed by atoms with E-state index in [0.717, 1.165) is 26.1 Å². The highest BCUT2D eigenvalue weighted by Gasteiger charge is 2.25. The van der Waals surface area contributed by atoms with Gasteiger partial charge < -0.3 is 5.32 Å². The van der Waals surface area contributed by atoms with Crippen LogP contribution >= 0.6 is 11.3 Å². The van der Waals surface area contributed by atoms with Gasteiger partial charge in [-0.05, 0) is 36.1 Å². The van der Waals surface area contributed by atoms with Crippen LogP contribution in [0.5, 0.6) is 0 Å². The third kappa shape index (κ3) is 3.86. The summed E-state index contributed by atoms with van der Waals surface area (Å²) in [6.07, 6.45) is 2.74. The molecule has 0 saturated heterocycles. The molecule has 0 saturated carbocycles. The maximum Gasteiger partial charge on any atom is 0.251 e. The zero-order chi connectivity index (χ0) is 17.8. The van der Waals surface area contributed by atoms with Crippen molar-refractivity contribution in [1.29, 1.82) is 0 Å². The number of rotatable bonds is 6. The first-order chi connectivity index (χ1) is 12.8. The summed E-state index contributed by atoms with van der Waals surface area (Å²) in [5.74, 6) is -0.0162. The van der Waals surface area contributed by atoms with Crippen molar-refractivity contribution in [3.8, 4) is 0 Å².